The zero-order valence-corrected chi connectivity index (χ0v) is 17.8. The molecule has 1 atom stereocenters. The lowest BCUT2D eigenvalue weighted by molar-refractivity contribution is -0.116. The van der Waals surface area contributed by atoms with Crippen molar-refractivity contribution in [1.29, 1.82) is 0 Å². The van der Waals surface area contributed by atoms with Crippen LogP contribution in [0.5, 0.6) is 11.5 Å². The maximum Gasteiger partial charge on any atom is 0.276 e. The van der Waals surface area contributed by atoms with Gasteiger partial charge in [0.1, 0.15) is 17.2 Å². The summed E-state index contributed by atoms with van der Waals surface area (Å²) in [5, 5.41) is 11.0. The maximum absolute atomic E-state index is 12.9. The molecule has 2 aromatic rings. The second-order valence-electron chi connectivity index (χ2n) is 6.03. The average Bonchev–Trinajstić information content (AvgIpc) is 2.72. The van der Waals surface area contributed by atoms with Gasteiger partial charge in [-0.25, -0.2) is 5.01 Å². The molecule has 1 amide bonds. The molecule has 9 heteroatoms. The summed E-state index contributed by atoms with van der Waals surface area (Å²) in [5.74, 6) is 1.09. The molecule has 0 unspecified atom stereocenters. The molecule has 2 aromatic carbocycles. The van der Waals surface area contributed by atoms with E-state index in [1.54, 1.807) is 19.2 Å². The van der Waals surface area contributed by atoms with Crippen LogP contribution in [0.4, 0.5) is 0 Å². The number of nitrogens with one attached hydrogen (secondary N) is 1. The quantitative estimate of drug-likeness (QED) is 0.757. The van der Waals surface area contributed by atoms with Crippen LogP contribution in [0.1, 0.15) is 11.7 Å². The molecule has 2 aliphatic heterocycles. The molecular weight excluding hydrogens is 444 g/mol. The number of methoxy groups -OCH3 is 2. The second kappa shape index (κ2) is 7.48. The van der Waals surface area contributed by atoms with Gasteiger partial charge in [0, 0.05) is 15.3 Å². The van der Waals surface area contributed by atoms with Gasteiger partial charge in [-0.3, -0.25) is 15.1 Å². The number of rotatable bonds is 3. The largest absolute Gasteiger partial charge is 0.497 e. The Morgan fingerprint density at radius 1 is 1.18 bits per heavy atom. The van der Waals surface area contributed by atoms with Crippen LogP contribution in [0, 0.1) is 0 Å². The Bertz CT molecular complexity index is 1120. The van der Waals surface area contributed by atoms with Crippen molar-refractivity contribution in [3.63, 3.8) is 0 Å². The van der Waals surface area contributed by atoms with Gasteiger partial charge in [0.2, 0.25) is 0 Å². The third-order valence-electron chi connectivity index (χ3n) is 4.48. The number of halogens is 1. The summed E-state index contributed by atoms with van der Waals surface area (Å²) in [5.41, 5.74) is 1.20. The van der Waals surface area contributed by atoms with Crippen molar-refractivity contribution in [3.8, 4) is 11.5 Å². The highest BCUT2D eigenvalue weighted by Gasteiger charge is 2.35. The summed E-state index contributed by atoms with van der Waals surface area (Å²) in [6, 6.07) is 11.2. The van der Waals surface area contributed by atoms with Gasteiger partial charge in [0.25, 0.3) is 5.91 Å². The first-order chi connectivity index (χ1) is 13.5. The number of hydrogen-bond donors (Lipinski definition) is 1. The molecule has 0 bridgehead atoms. The van der Waals surface area contributed by atoms with Gasteiger partial charge in [0.15, 0.2) is 11.3 Å². The van der Waals surface area contributed by atoms with E-state index in [4.69, 9.17) is 14.5 Å². The molecule has 0 saturated heterocycles. The molecule has 28 heavy (non-hydrogen) atoms. The fourth-order valence-electron chi connectivity index (χ4n) is 3.19. The van der Waals surface area contributed by atoms with Gasteiger partial charge >= 0.3 is 0 Å². The Hall–Kier alpha value is -2.52. The SMILES string of the molecule is COc1ccc(OC)c([C@H]2N=c3ccc(Br)cc3=C3C(=O)NC(SC)=NN32)c1. The summed E-state index contributed by atoms with van der Waals surface area (Å²) < 4.78 is 11.8. The number of amidine groups is 1. The van der Waals surface area contributed by atoms with E-state index in [-0.39, 0.29) is 5.91 Å². The highest BCUT2D eigenvalue weighted by Crippen LogP contribution is 2.37. The first-order valence-corrected chi connectivity index (χ1v) is 10.4. The summed E-state index contributed by atoms with van der Waals surface area (Å²) in [7, 11) is 3.20. The highest BCUT2D eigenvalue weighted by atomic mass is 79.9. The van der Waals surface area contributed by atoms with Crippen molar-refractivity contribution in [2.45, 2.75) is 6.17 Å². The van der Waals surface area contributed by atoms with Crippen molar-refractivity contribution in [3.05, 3.63) is 57.0 Å². The number of fused-ring (bicyclic) bond motifs is 2. The number of thioether (sulfide) groups is 1. The van der Waals surface area contributed by atoms with E-state index < -0.39 is 6.17 Å². The minimum atomic E-state index is -0.568. The van der Waals surface area contributed by atoms with Crippen molar-refractivity contribution in [2.75, 3.05) is 20.5 Å². The van der Waals surface area contributed by atoms with Crippen LogP contribution in [0.25, 0.3) is 5.70 Å². The number of hydrogen-bond acceptors (Lipinski definition) is 7. The maximum atomic E-state index is 12.9. The minimum absolute atomic E-state index is 0.222. The third-order valence-corrected chi connectivity index (χ3v) is 5.54. The smallest absolute Gasteiger partial charge is 0.276 e. The molecule has 0 fully saturated rings. The van der Waals surface area contributed by atoms with Crippen molar-refractivity contribution < 1.29 is 14.3 Å². The first kappa shape index (κ1) is 18.8. The van der Waals surface area contributed by atoms with Crippen molar-refractivity contribution in [2.24, 2.45) is 10.1 Å². The number of carbonyl (C=O) groups is 1. The molecule has 0 aromatic heterocycles. The topological polar surface area (TPSA) is 75.5 Å². The monoisotopic (exact) mass is 460 g/mol. The molecule has 0 radical (unpaired) electrons. The second-order valence-corrected chi connectivity index (χ2v) is 7.74. The number of nitrogens with zero attached hydrogens (tertiary/aromatic N) is 3. The molecule has 2 heterocycles. The molecule has 7 nitrogen and oxygen atoms in total. The van der Waals surface area contributed by atoms with Crippen LogP contribution in [-0.2, 0) is 4.79 Å². The average molecular weight is 461 g/mol. The number of benzene rings is 2. The van der Waals surface area contributed by atoms with E-state index in [1.165, 1.54) is 11.8 Å². The minimum Gasteiger partial charge on any atom is -0.497 e. The van der Waals surface area contributed by atoms with Crippen molar-refractivity contribution in [1.82, 2.24) is 10.3 Å². The summed E-state index contributed by atoms with van der Waals surface area (Å²) in [6.07, 6.45) is 1.29. The Kier molecular flexibility index (Phi) is 5.03. The lowest BCUT2D eigenvalue weighted by Crippen LogP contribution is -2.50. The standard InChI is InChI=1S/C19H17BrN4O3S/c1-26-11-5-7-15(27-2)13(9-11)17-21-14-6-4-10(20)8-12(14)16-18(25)22-19(28-3)23-24(16)17/h4-9,17H,1-3H3,(H,22,23,25)/t17-/m0/s1. The fraction of sp³-hybridized carbons (Fsp3) is 0.211. The third kappa shape index (κ3) is 3.14. The Morgan fingerprint density at radius 3 is 2.71 bits per heavy atom. The molecule has 0 aliphatic carbocycles. The molecular formula is C19H17BrN4O3S. The van der Waals surface area contributed by atoms with Gasteiger partial charge in [-0.15, -0.1) is 5.10 Å². The normalized spacial score (nSPS) is 17.8. The lowest BCUT2D eigenvalue weighted by atomic mass is 10.1. The Balaban J connectivity index is 2.02. The number of ether oxygens (including phenoxy) is 2. The molecule has 2 aliphatic rings. The van der Waals surface area contributed by atoms with Crippen LogP contribution >= 0.6 is 27.7 Å². The number of hydrazone groups is 1. The van der Waals surface area contributed by atoms with Crippen LogP contribution in [0.2, 0.25) is 0 Å². The number of carbonyl (C=O) groups excluding carboxylic acids is 1. The van der Waals surface area contributed by atoms with Crippen LogP contribution in [0.3, 0.4) is 0 Å². The zero-order chi connectivity index (χ0) is 19.8. The summed E-state index contributed by atoms with van der Waals surface area (Å²) in [4.78, 5) is 17.8. The van der Waals surface area contributed by atoms with E-state index >= 15 is 0 Å². The lowest BCUT2D eigenvalue weighted by Gasteiger charge is -2.34. The van der Waals surface area contributed by atoms with Gasteiger partial charge in [-0.2, -0.15) is 0 Å². The van der Waals surface area contributed by atoms with Gasteiger partial charge in [-0.05, 0) is 42.7 Å². The molecule has 144 valence electrons. The summed E-state index contributed by atoms with van der Waals surface area (Å²) in [6.45, 7) is 0. The van der Waals surface area contributed by atoms with Gasteiger partial charge in [0.05, 0.1) is 19.6 Å². The summed E-state index contributed by atoms with van der Waals surface area (Å²) >= 11 is 4.83. The van der Waals surface area contributed by atoms with Crippen LogP contribution < -0.4 is 25.4 Å². The van der Waals surface area contributed by atoms with E-state index in [9.17, 15) is 4.79 Å². The Morgan fingerprint density at radius 2 is 2.00 bits per heavy atom. The molecule has 1 N–H and O–H groups in total. The van der Waals surface area contributed by atoms with Gasteiger partial charge < -0.3 is 9.47 Å². The van der Waals surface area contributed by atoms with Gasteiger partial charge in [-0.1, -0.05) is 27.7 Å². The molecule has 4 rings (SSSR count). The predicted molar refractivity (Wildman–Crippen MR) is 112 cm³/mol. The van der Waals surface area contributed by atoms with E-state index in [0.29, 0.717) is 32.9 Å². The molecule has 0 spiro atoms. The Labute approximate surface area is 174 Å². The van der Waals surface area contributed by atoms with E-state index in [2.05, 4.69) is 26.3 Å². The number of amides is 1. The van der Waals surface area contributed by atoms with Crippen LogP contribution in [0.15, 0.2) is 51.0 Å². The highest BCUT2D eigenvalue weighted by molar-refractivity contribution is 9.10. The van der Waals surface area contributed by atoms with Crippen molar-refractivity contribution >= 4 is 44.5 Å². The molecule has 0 saturated carbocycles. The predicted octanol–water partition coefficient (Wildman–Crippen LogP) is 1.97. The van der Waals surface area contributed by atoms with Crippen LogP contribution in [-0.4, -0.2) is 36.6 Å². The fourth-order valence-corrected chi connectivity index (χ4v) is 3.91. The van der Waals surface area contributed by atoms with E-state index in [0.717, 1.165) is 10.0 Å². The zero-order valence-electron chi connectivity index (χ0n) is 15.4. The van der Waals surface area contributed by atoms with E-state index in [1.807, 2.05) is 42.7 Å². The first-order valence-electron chi connectivity index (χ1n) is 8.38.